The standard InChI is InChI=1S/C21H27N5O6/c1-11(12-5-14(28-2)19(30-4)15(6-12)29-3)31-8-16-13(27)7-17(32-16)26-10-25-18-20(22)23-9-24-21(18)26/h5-6,9-11,13,16-17,27H,7-8H2,1-4H3,(H2,22,23,24)/t11?,13-,16+,17+/m0/s1. The Balaban J connectivity index is 1.44. The molecule has 0 bridgehead atoms. The molecule has 3 N–H and O–H groups in total. The number of benzene rings is 1. The number of fused-ring (bicyclic) bond motifs is 1. The van der Waals surface area contributed by atoms with E-state index in [0.29, 0.717) is 40.7 Å². The van der Waals surface area contributed by atoms with Gasteiger partial charge in [-0.05, 0) is 24.6 Å². The minimum Gasteiger partial charge on any atom is -0.493 e. The Morgan fingerprint density at radius 2 is 1.88 bits per heavy atom. The van der Waals surface area contributed by atoms with Gasteiger partial charge in [-0.15, -0.1) is 0 Å². The highest BCUT2D eigenvalue weighted by Gasteiger charge is 2.36. The summed E-state index contributed by atoms with van der Waals surface area (Å²) in [5.41, 5.74) is 7.76. The molecule has 4 atom stereocenters. The second-order valence-corrected chi connectivity index (χ2v) is 7.45. The van der Waals surface area contributed by atoms with Crippen molar-refractivity contribution < 1.29 is 28.8 Å². The van der Waals surface area contributed by atoms with E-state index < -0.39 is 18.4 Å². The van der Waals surface area contributed by atoms with Crippen LogP contribution in [0.2, 0.25) is 0 Å². The second-order valence-electron chi connectivity index (χ2n) is 7.45. The molecule has 1 aromatic carbocycles. The summed E-state index contributed by atoms with van der Waals surface area (Å²) in [4.78, 5) is 12.4. The molecular weight excluding hydrogens is 418 g/mol. The van der Waals surface area contributed by atoms with Gasteiger partial charge in [-0.25, -0.2) is 15.0 Å². The summed E-state index contributed by atoms with van der Waals surface area (Å²) < 4.78 is 30.0. The van der Waals surface area contributed by atoms with Crippen LogP contribution in [0.25, 0.3) is 11.2 Å². The normalized spacial score (nSPS) is 21.6. The number of ether oxygens (including phenoxy) is 5. The zero-order valence-corrected chi connectivity index (χ0v) is 18.4. The van der Waals surface area contributed by atoms with Gasteiger partial charge in [-0.1, -0.05) is 0 Å². The maximum absolute atomic E-state index is 10.5. The lowest BCUT2D eigenvalue weighted by Gasteiger charge is -2.21. The van der Waals surface area contributed by atoms with Crippen molar-refractivity contribution in [3.8, 4) is 17.2 Å². The molecule has 0 aliphatic carbocycles. The molecule has 3 aromatic rings. The Kier molecular flexibility index (Phi) is 6.31. The minimum atomic E-state index is -0.705. The highest BCUT2D eigenvalue weighted by molar-refractivity contribution is 5.81. The van der Waals surface area contributed by atoms with Gasteiger partial charge in [0.25, 0.3) is 0 Å². The first-order valence-corrected chi connectivity index (χ1v) is 10.1. The monoisotopic (exact) mass is 445 g/mol. The fraction of sp³-hybridized carbons (Fsp3) is 0.476. The van der Waals surface area contributed by atoms with Crippen LogP contribution in [-0.2, 0) is 9.47 Å². The molecular formula is C21H27N5O6. The summed E-state index contributed by atoms with van der Waals surface area (Å²) in [5.74, 6) is 1.90. The predicted octanol–water partition coefficient (Wildman–Crippen LogP) is 1.86. The van der Waals surface area contributed by atoms with Crippen LogP contribution in [0.5, 0.6) is 17.2 Å². The van der Waals surface area contributed by atoms with Crippen molar-refractivity contribution in [2.75, 3.05) is 33.7 Å². The lowest BCUT2D eigenvalue weighted by Crippen LogP contribution is -2.27. The number of nitrogens with zero attached hydrogens (tertiary/aromatic N) is 4. The molecule has 3 heterocycles. The van der Waals surface area contributed by atoms with Crippen LogP contribution in [0.3, 0.4) is 0 Å². The van der Waals surface area contributed by atoms with Gasteiger partial charge >= 0.3 is 0 Å². The van der Waals surface area contributed by atoms with Gasteiger partial charge in [0.05, 0.1) is 46.5 Å². The zero-order valence-electron chi connectivity index (χ0n) is 18.4. The first-order valence-electron chi connectivity index (χ1n) is 10.1. The highest BCUT2D eigenvalue weighted by atomic mass is 16.6. The SMILES string of the molecule is COc1cc(C(C)OC[C@H]2O[C@@H](n3cnc4c(N)ncnc43)C[C@@H]2O)cc(OC)c1OC. The third-order valence-corrected chi connectivity index (χ3v) is 5.57. The van der Waals surface area contributed by atoms with E-state index in [-0.39, 0.29) is 12.7 Å². The van der Waals surface area contributed by atoms with E-state index in [1.807, 2.05) is 19.1 Å². The van der Waals surface area contributed by atoms with Gasteiger partial charge in [0, 0.05) is 6.42 Å². The van der Waals surface area contributed by atoms with Gasteiger partial charge in [0.2, 0.25) is 5.75 Å². The van der Waals surface area contributed by atoms with Crippen LogP contribution in [0.1, 0.15) is 31.2 Å². The number of aliphatic hydroxyl groups is 1. The summed E-state index contributed by atoms with van der Waals surface area (Å²) >= 11 is 0. The number of hydrogen-bond donors (Lipinski definition) is 2. The summed E-state index contributed by atoms with van der Waals surface area (Å²) in [6.07, 6.45) is 1.39. The zero-order chi connectivity index (χ0) is 22.8. The quantitative estimate of drug-likeness (QED) is 0.529. The van der Waals surface area contributed by atoms with Crippen LogP contribution in [0.15, 0.2) is 24.8 Å². The molecule has 1 unspecified atom stereocenters. The maximum atomic E-state index is 10.5. The van der Waals surface area contributed by atoms with Crippen molar-refractivity contribution >= 4 is 17.0 Å². The molecule has 4 rings (SSSR count). The summed E-state index contributed by atoms with van der Waals surface area (Å²) in [6, 6.07) is 3.67. The molecule has 11 heteroatoms. The minimum absolute atomic E-state index is 0.194. The molecule has 11 nitrogen and oxygen atoms in total. The molecule has 1 aliphatic heterocycles. The summed E-state index contributed by atoms with van der Waals surface area (Å²) in [7, 11) is 4.68. The van der Waals surface area contributed by atoms with Gasteiger partial charge in [0.1, 0.15) is 24.2 Å². The molecule has 1 aliphatic rings. The number of aliphatic hydroxyl groups excluding tert-OH is 1. The van der Waals surface area contributed by atoms with E-state index in [4.69, 9.17) is 29.4 Å². The Morgan fingerprint density at radius 1 is 1.16 bits per heavy atom. The number of nitrogens with two attached hydrogens (primary N) is 1. The summed E-state index contributed by atoms with van der Waals surface area (Å²) in [6.45, 7) is 2.10. The first kappa shape index (κ1) is 22.1. The number of aromatic nitrogens is 4. The smallest absolute Gasteiger partial charge is 0.203 e. The molecule has 32 heavy (non-hydrogen) atoms. The second kappa shape index (κ2) is 9.15. The molecule has 1 fully saturated rings. The molecule has 172 valence electrons. The highest BCUT2D eigenvalue weighted by Crippen LogP contribution is 2.40. The number of nitrogen functional groups attached to an aromatic ring is 1. The van der Waals surface area contributed by atoms with Crippen molar-refractivity contribution in [2.45, 2.75) is 37.9 Å². The predicted molar refractivity (Wildman–Crippen MR) is 115 cm³/mol. The van der Waals surface area contributed by atoms with Crippen molar-refractivity contribution in [1.82, 2.24) is 19.5 Å². The molecule has 0 amide bonds. The van der Waals surface area contributed by atoms with Gasteiger partial charge < -0.3 is 34.5 Å². The van der Waals surface area contributed by atoms with Crippen LogP contribution in [-0.4, -0.2) is 64.8 Å². The van der Waals surface area contributed by atoms with Crippen molar-refractivity contribution in [1.29, 1.82) is 0 Å². The third-order valence-electron chi connectivity index (χ3n) is 5.57. The van der Waals surface area contributed by atoms with E-state index in [1.54, 1.807) is 32.2 Å². The summed E-state index contributed by atoms with van der Waals surface area (Å²) in [5, 5.41) is 10.5. The van der Waals surface area contributed by atoms with E-state index in [1.165, 1.54) is 6.33 Å². The number of imidazole rings is 1. The lowest BCUT2D eigenvalue weighted by molar-refractivity contribution is -0.0766. The Hall–Kier alpha value is -3.15. The molecule has 0 radical (unpaired) electrons. The Labute approximate surface area is 185 Å². The number of rotatable bonds is 8. The topological polar surface area (TPSA) is 136 Å². The number of methoxy groups -OCH3 is 3. The molecule has 1 saturated heterocycles. The lowest BCUT2D eigenvalue weighted by atomic mass is 10.1. The van der Waals surface area contributed by atoms with E-state index in [0.717, 1.165) is 5.56 Å². The molecule has 0 spiro atoms. The van der Waals surface area contributed by atoms with Gasteiger partial charge in [-0.2, -0.15) is 0 Å². The number of anilines is 1. The largest absolute Gasteiger partial charge is 0.493 e. The van der Waals surface area contributed by atoms with Crippen LogP contribution < -0.4 is 19.9 Å². The van der Waals surface area contributed by atoms with E-state index >= 15 is 0 Å². The average molecular weight is 445 g/mol. The van der Waals surface area contributed by atoms with E-state index in [2.05, 4.69) is 15.0 Å². The van der Waals surface area contributed by atoms with Gasteiger partial charge in [-0.3, -0.25) is 4.57 Å². The Morgan fingerprint density at radius 3 is 2.53 bits per heavy atom. The number of hydrogen-bond acceptors (Lipinski definition) is 10. The van der Waals surface area contributed by atoms with Crippen molar-refractivity contribution in [2.24, 2.45) is 0 Å². The average Bonchev–Trinajstić information content (AvgIpc) is 3.40. The maximum Gasteiger partial charge on any atom is 0.203 e. The fourth-order valence-corrected chi connectivity index (χ4v) is 3.79. The third kappa shape index (κ3) is 4.01. The first-order chi connectivity index (χ1) is 15.5. The van der Waals surface area contributed by atoms with Crippen molar-refractivity contribution in [3.05, 3.63) is 30.4 Å². The van der Waals surface area contributed by atoms with Gasteiger partial charge in [0.15, 0.2) is 23.0 Å². The van der Waals surface area contributed by atoms with Crippen molar-refractivity contribution in [3.63, 3.8) is 0 Å². The van der Waals surface area contributed by atoms with Crippen LogP contribution >= 0.6 is 0 Å². The Bertz CT molecular complexity index is 1060. The molecule has 2 aromatic heterocycles. The molecule has 0 saturated carbocycles. The van der Waals surface area contributed by atoms with E-state index in [9.17, 15) is 5.11 Å². The van der Waals surface area contributed by atoms with Crippen LogP contribution in [0.4, 0.5) is 5.82 Å². The van der Waals surface area contributed by atoms with Crippen LogP contribution in [0, 0.1) is 0 Å². The fourth-order valence-electron chi connectivity index (χ4n) is 3.79.